The van der Waals surface area contributed by atoms with Crippen LogP contribution in [-0.4, -0.2) is 30.2 Å². The van der Waals surface area contributed by atoms with Crippen molar-refractivity contribution < 1.29 is 4.74 Å². The topological polar surface area (TPSA) is 73.1 Å². The Hall–Kier alpha value is -1.40. The fraction of sp³-hybridized carbons (Fsp3) is 0.500. The molecule has 2 aromatic heterocycles. The molecule has 1 saturated heterocycles. The quantitative estimate of drug-likeness (QED) is 0.864. The molecule has 3 N–H and O–H groups in total. The Kier molecular flexibility index (Phi) is 3.05. The average molecular weight is 264 g/mol. The van der Waals surface area contributed by atoms with Crippen molar-refractivity contribution in [2.75, 3.05) is 25.9 Å². The predicted molar refractivity (Wildman–Crippen MR) is 73.2 cm³/mol. The molecule has 0 spiro atoms. The number of nitrogens with zero attached hydrogens (tertiary/aromatic N) is 2. The number of nitrogen functional groups attached to an aromatic ring is 1. The second kappa shape index (κ2) is 4.70. The van der Waals surface area contributed by atoms with Crippen molar-refractivity contribution in [3.8, 4) is 5.88 Å². The van der Waals surface area contributed by atoms with Crippen LogP contribution < -0.4 is 15.8 Å². The van der Waals surface area contributed by atoms with Gasteiger partial charge in [0, 0.05) is 12.7 Å². The molecule has 3 rings (SSSR count). The van der Waals surface area contributed by atoms with E-state index < -0.39 is 0 Å². The molecular weight excluding hydrogens is 248 g/mol. The van der Waals surface area contributed by atoms with Crippen LogP contribution in [-0.2, 0) is 0 Å². The van der Waals surface area contributed by atoms with Gasteiger partial charge in [-0.05, 0) is 30.9 Å². The summed E-state index contributed by atoms with van der Waals surface area (Å²) in [6.07, 6.45) is 4.30. The summed E-state index contributed by atoms with van der Waals surface area (Å²) in [5, 5.41) is 4.00. The van der Waals surface area contributed by atoms with Gasteiger partial charge in [0.2, 0.25) is 5.88 Å². The molecule has 1 unspecified atom stereocenters. The van der Waals surface area contributed by atoms with Crippen molar-refractivity contribution in [2.24, 2.45) is 0 Å². The molecular formula is C12H16N4OS. The van der Waals surface area contributed by atoms with E-state index >= 15 is 0 Å². The summed E-state index contributed by atoms with van der Waals surface area (Å²) in [4.78, 5) is 8.68. The smallest absolute Gasteiger partial charge is 0.241 e. The molecule has 1 aliphatic heterocycles. The number of rotatable bonds is 2. The SMILES string of the molecule is COc1ncc(C2CCCNC2)c2sc(N)nc12. The number of nitrogens with one attached hydrogen (secondary N) is 1. The van der Waals surface area contributed by atoms with Gasteiger partial charge in [-0.1, -0.05) is 11.3 Å². The summed E-state index contributed by atoms with van der Waals surface area (Å²) in [6, 6.07) is 0. The minimum atomic E-state index is 0.500. The number of thiazole rings is 1. The number of fused-ring (bicyclic) bond motifs is 1. The second-order valence-electron chi connectivity index (χ2n) is 4.50. The van der Waals surface area contributed by atoms with E-state index in [-0.39, 0.29) is 0 Å². The van der Waals surface area contributed by atoms with Crippen LogP contribution in [0.25, 0.3) is 10.2 Å². The first-order chi connectivity index (χ1) is 8.79. The number of methoxy groups -OCH3 is 1. The summed E-state index contributed by atoms with van der Waals surface area (Å²) in [6.45, 7) is 2.11. The van der Waals surface area contributed by atoms with Crippen molar-refractivity contribution in [3.63, 3.8) is 0 Å². The molecule has 2 aromatic rings. The number of hydrogen-bond acceptors (Lipinski definition) is 6. The van der Waals surface area contributed by atoms with Crippen LogP contribution in [0.2, 0.25) is 0 Å². The van der Waals surface area contributed by atoms with Gasteiger partial charge in [-0.15, -0.1) is 0 Å². The minimum Gasteiger partial charge on any atom is -0.479 e. The van der Waals surface area contributed by atoms with Gasteiger partial charge in [-0.2, -0.15) is 0 Å². The number of ether oxygens (including phenoxy) is 1. The van der Waals surface area contributed by atoms with E-state index in [1.165, 1.54) is 29.7 Å². The van der Waals surface area contributed by atoms with Gasteiger partial charge in [-0.3, -0.25) is 0 Å². The second-order valence-corrected chi connectivity index (χ2v) is 5.53. The Balaban J connectivity index is 2.11. The van der Waals surface area contributed by atoms with Crippen LogP contribution in [0, 0.1) is 0 Å². The van der Waals surface area contributed by atoms with Gasteiger partial charge < -0.3 is 15.8 Å². The molecule has 96 valence electrons. The first kappa shape index (κ1) is 11.7. The normalized spacial score (nSPS) is 20.2. The van der Waals surface area contributed by atoms with E-state index in [4.69, 9.17) is 10.5 Å². The zero-order valence-electron chi connectivity index (χ0n) is 10.3. The number of hydrogen-bond donors (Lipinski definition) is 2. The Bertz CT molecular complexity index is 562. The van der Waals surface area contributed by atoms with E-state index in [1.54, 1.807) is 7.11 Å². The maximum Gasteiger partial charge on any atom is 0.241 e. The highest BCUT2D eigenvalue weighted by atomic mass is 32.1. The molecule has 0 radical (unpaired) electrons. The fourth-order valence-electron chi connectivity index (χ4n) is 2.48. The Morgan fingerprint density at radius 1 is 1.56 bits per heavy atom. The van der Waals surface area contributed by atoms with Gasteiger partial charge in [0.1, 0.15) is 5.52 Å². The highest BCUT2D eigenvalue weighted by molar-refractivity contribution is 7.22. The van der Waals surface area contributed by atoms with E-state index in [2.05, 4.69) is 15.3 Å². The van der Waals surface area contributed by atoms with Gasteiger partial charge >= 0.3 is 0 Å². The standard InChI is InChI=1S/C12H16N4OS/c1-17-11-9-10(18-12(13)16-9)8(6-15-11)7-3-2-4-14-5-7/h6-7,14H,2-5H2,1H3,(H2,13,16). The number of aromatic nitrogens is 2. The van der Waals surface area contributed by atoms with E-state index in [0.29, 0.717) is 16.9 Å². The zero-order chi connectivity index (χ0) is 12.5. The zero-order valence-corrected chi connectivity index (χ0v) is 11.1. The van der Waals surface area contributed by atoms with Crippen molar-refractivity contribution in [1.82, 2.24) is 15.3 Å². The molecule has 3 heterocycles. The third-order valence-electron chi connectivity index (χ3n) is 3.36. The van der Waals surface area contributed by atoms with Crippen LogP contribution in [0.3, 0.4) is 0 Å². The lowest BCUT2D eigenvalue weighted by Gasteiger charge is -2.23. The Morgan fingerprint density at radius 2 is 2.44 bits per heavy atom. The minimum absolute atomic E-state index is 0.500. The first-order valence-electron chi connectivity index (χ1n) is 6.09. The van der Waals surface area contributed by atoms with Gasteiger partial charge in [0.05, 0.1) is 11.8 Å². The third kappa shape index (κ3) is 1.91. The third-order valence-corrected chi connectivity index (χ3v) is 4.29. The molecule has 0 aromatic carbocycles. The summed E-state index contributed by atoms with van der Waals surface area (Å²) in [5.74, 6) is 1.06. The Labute approximate surface area is 109 Å². The predicted octanol–water partition coefficient (Wildman–Crippen LogP) is 1.75. The maximum atomic E-state index is 5.82. The maximum absolute atomic E-state index is 5.82. The van der Waals surface area contributed by atoms with E-state index in [9.17, 15) is 0 Å². The highest BCUT2D eigenvalue weighted by Gasteiger charge is 2.21. The van der Waals surface area contributed by atoms with Gasteiger partial charge in [0.25, 0.3) is 0 Å². The first-order valence-corrected chi connectivity index (χ1v) is 6.91. The molecule has 0 saturated carbocycles. The van der Waals surface area contributed by atoms with Crippen LogP contribution in [0.1, 0.15) is 24.3 Å². The lowest BCUT2D eigenvalue weighted by molar-refractivity contribution is 0.401. The number of nitrogens with two attached hydrogens (primary N) is 1. The number of pyridine rings is 1. The van der Waals surface area contributed by atoms with E-state index in [1.807, 2.05) is 6.20 Å². The molecule has 1 fully saturated rings. The monoisotopic (exact) mass is 264 g/mol. The number of anilines is 1. The average Bonchev–Trinajstić information content (AvgIpc) is 2.80. The highest BCUT2D eigenvalue weighted by Crippen LogP contribution is 2.37. The van der Waals surface area contributed by atoms with Crippen molar-refractivity contribution >= 4 is 26.7 Å². The molecule has 1 atom stereocenters. The summed E-state index contributed by atoms with van der Waals surface area (Å²) in [5.41, 5.74) is 7.86. The molecule has 0 aliphatic carbocycles. The van der Waals surface area contributed by atoms with Crippen LogP contribution in [0.15, 0.2) is 6.20 Å². The molecule has 18 heavy (non-hydrogen) atoms. The van der Waals surface area contributed by atoms with E-state index in [0.717, 1.165) is 23.3 Å². The summed E-state index contributed by atoms with van der Waals surface area (Å²) >= 11 is 1.52. The molecule has 6 heteroatoms. The Morgan fingerprint density at radius 3 is 3.17 bits per heavy atom. The van der Waals surface area contributed by atoms with Crippen molar-refractivity contribution in [1.29, 1.82) is 0 Å². The largest absolute Gasteiger partial charge is 0.479 e. The lowest BCUT2D eigenvalue weighted by Crippen LogP contribution is -2.28. The number of piperidine rings is 1. The molecule has 0 bridgehead atoms. The van der Waals surface area contributed by atoms with Crippen molar-refractivity contribution in [2.45, 2.75) is 18.8 Å². The van der Waals surface area contributed by atoms with Crippen LogP contribution >= 0.6 is 11.3 Å². The molecule has 5 nitrogen and oxygen atoms in total. The van der Waals surface area contributed by atoms with Crippen molar-refractivity contribution in [3.05, 3.63) is 11.8 Å². The van der Waals surface area contributed by atoms with Gasteiger partial charge in [-0.25, -0.2) is 9.97 Å². The van der Waals surface area contributed by atoms with Crippen LogP contribution in [0.5, 0.6) is 5.88 Å². The van der Waals surface area contributed by atoms with Gasteiger partial charge in [0.15, 0.2) is 5.13 Å². The molecule has 1 aliphatic rings. The molecule has 0 amide bonds. The van der Waals surface area contributed by atoms with Crippen LogP contribution in [0.4, 0.5) is 5.13 Å². The lowest BCUT2D eigenvalue weighted by atomic mass is 9.93. The fourth-order valence-corrected chi connectivity index (χ4v) is 3.40. The summed E-state index contributed by atoms with van der Waals surface area (Å²) in [7, 11) is 1.61. The summed E-state index contributed by atoms with van der Waals surface area (Å²) < 4.78 is 6.36.